The van der Waals surface area contributed by atoms with Gasteiger partial charge >= 0.3 is 0 Å². The zero-order valence-corrected chi connectivity index (χ0v) is 13.4. The molecule has 0 atom stereocenters. The quantitative estimate of drug-likeness (QED) is 0.900. The Morgan fingerprint density at radius 1 is 1.24 bits per heavy atom. The molecule has 2 rings (SSSR count). The van der Waals surface area contributed by atoms with Crippen LogP contribution < -0.4 is 10.1 Å². The maximum absolute atomic E-state index is 13.7. The van der Waals surface area contributed by atoms with Crippen molar-refractivity contribution in [2.24, 2.45) is 0 Å². The molecule has 0 radical (unpaired) electrons. The number of hydrogen-bond donors (Lipinski definition) is 1. The molecule has 1 heterocycles. The van der Waals surface area contributed by atoms with Crippen LogP contribution in [0.25, 0.3) is 10.9 Å². The molecule has 1 N–H and O–H groups in total. The molecule has 0 aliphatic heterocycles. The van der Waals surface area contributed by atoms with E-state index in [-0.39, 0.29) is 11.2 Å². The number of fused-ring (bicyclic) bond motifs is 1. The van der Waals surface area contributed by atoms with E-state index >= 15 is 0 Å². The lowest BCUT2D eigenvalue weighted by molar-refractivity contribution is 0.415. The van der Waals surface area contributed by atoms with Gasteiger partial charge in [-0.1, -0.05) is 27.7 Å². The molecule has 0 fully saturated rings. The molecule has 4 heteroatoms. The molecule has 0 aliphatic rings. The molecule has 114 valence electrons. The number of hydrogen-bond acceptors (Lipinski definition) is 3. The minimum absolute atomic E-state index is 0.0726. The fourth-order valence-electron chi connectivity index (χ4n) is 2.33. The highest BCUT2D eigenvalue weighted by molar-refractivity contribution is 5.87. The summed E-state index contributed by atoms with van der Waals surface area (Å²) in [5.74, 6) is 1.00. The monoisotopic (exact) mass is 290 g/mol. The van der Waals surface area contributed by atoms with Crippen molar-refractivity contribution in [3.8, 4) is 5.75 Å². The van der Waals surface area contributed by atoms with Gasteiger partial charge in [-0.05, 0) is 24.0 Å². The average molecular weight is 290 g/mol. The first-order valence-electron chi connectivity index (χ1n) is 7.29. The van der Waals surface area contributed by atoms with Crippen LogP contribution in [-0.4, -0.2) is 18.6 Å². The van der Waals surface area contributed by atoms with Gasteiger partial charge in [-0.25, -0.2) is 9.37 Å². The number of anilines is 1. The number of halogens is 1. The molecule has 0 saturated carbocycles. The number of ether oxygens (including phenoxy) is 1. The molecule has 0 spiro atoms. The highest BCUT2D eigenvalue weighted by Crippen LogP contribution is 2.34. The molecule has 1 aromatic carbocycles. The van der Waals surface area contributed by atoms with Gasteiger partial charge in [-0.3, -0.25) is 0 Å². The van der Waals surface area contributed by atoms with E-state index in [2.05, 4.69) is 38.0 Å². The Morgan fingerprint density at radius 3 is 2.52 bits per heavy atom. The minimum atomic E-state index is -0.310. The predicted octanol–water partition coefficient (Wildman–Crippen LogP) is 4.50. The molecular formula is C17H23FN2O. The summed E-state index contributed by atoms with van der Waals surface area (Å²) in [4.78, 5) is 4.69. The highest BCUT2D eigenvalue weighted by atomic mass is 19.1. The first-order valence-corrected chi connectivity index (χ1v) is 7.29. The maximum Gasteiger partial charge on any atom is 0.148 e. The van der Waals surface area contributed by atoms with Gasteiger partial charge in [0.1, 0.15) is 22.9 Å². The summed E-state index contributed by atoms with van der Waals surface area (Å²) >= 11 is 0. The van der Waals surface area contributed by atoms with Crippen molar-refractivity contribution < 1.29 is 9.13 Å². The van der Waals surface area contributed by atoms with Crippen LogP contribution in [0.1, 0.15) is 39.7 Å². The Hall–Kier alpha value is -1.84. The van der Waals surface area contributed by atoms with Crippen molar-refractivity contribution in [2.75, 3.05) is 19.0 Å². The molecule has 0 unspecified atom stereocenters. The lowest BCUT2D eigenvalue weighted by Gasteiger charge is -2.23. The number of nitrogens with one attached hydrogen (secondary N) is 1. The third-order valence-corrected chi connectivity index (χ3v) is 3.42. The summed E-state index contributed by atoms with van der Waals surface area (Å²) in [5.41, 5.74) is 1.69. The molecule has 0 amide bonds. The Bertz CT molecular complexity index is 647. The van der Waals surface area contributed by atoms with Gasteiger partial charge in [0.25, 0.3) is 0 Å². The summed E-state index contributed by atoms with van der Waals surface area (Å²) in [6.07, 6.45) is 1.02. The van der Waals surface area contributed by atoms with Crippen molar-refractivity contribution in [3.63, 3.8) is 0 Å². The number of benzene rings is 1. The fourth-order valence-corrected chi connectivity index (χ4v) is 2.33. The number of nitrogens with zero attached hydrogens (tertiary/aromatic N) is 1. The van der Waals surface area contributed by atoms with E-state index in [9.17, 15) is 4.39 Å². The number of rotatable bonds is 4. The molecule has 0 aliphatic carbocycles. The van der Waals surface area contributed by atoms with E-state index in [0.717, 1.165) is 29.7 Å². The van der Waals surface area contributed by atoms with E-state index < -0.39 is 0 Å². The maximum atomic E-state index is 13.7. The third-order valence-electron chi connectivity index (χ3n) is 3.42. The summed E-state index contributed by atoms with van der Waals surface area (Å²) in [6.45, 7) is 9.35. The second-order valence-corrected chi connectivity index (χ2v) is 6.24. The molecule has 0 saturated heterocycles. The van der Waals surface area contributed by atoms with E-state index in [4.69, 9.17) is 4.74 Å². The third kappa shape index (κ3) is 3.26. The standard InChI is InChI=1S/C17H23FN2O/c1-6-7-19-16-13(17(2,3)4)9-11-8-12(18)10-14(21-5)15(11)20-16/h8-10H,6-7H2,1-5H3,(H,19,20). The smallest absolute Gasteiger partial charge is 0.148 e. The summed E-state index contributed by atoms with van der Waals surface area (Å²) < 4.78 is 19.0. The molecule has 0 bridgehead atoms. The van der Waals surface area contributed by atoms with Gasteiger partial charge in [0.2, 0.25) is 0 Å². The summed E-state index contributed by atoms with van der Waals surface area (Å²) in [6, 6.07) is 4.88. The van der Waals surface area contributed by atoms with Crippen LogP contribution in [0.3, 0.4) is 0 Å². The molecular weight excluding hydrogens is 267 g/mol. The second-order valence-electron chi connectivity index (χ2n) is 6.24. The van der Waals surface area contributed by atoms with Crippen LogP contribution in [-0.2, 0) is 5.41 Å². The summed E-state index contributed by atoms with van der Waals surface area (Å²) in [5, 5.41) is 4.13. The Labute approximate surface area is 125 Å². The van der Waals surface area contributed by atoms with Crippen LogP contribution in [0.4, 0.5) is 10.2 Å². The molecule has 21 heavy (non-hydrogen) atoms. The van der Waals surface area contributed by atoms with E-state index in [1.165, 1.54) is 19.2 Å². The second kappa shape index (κ2) is 5.88. The van der Waals surface area contributed by atoms with Crippen molar-refractivity contribution >= 4 is 16.7 Å². The number of methoxy groups -OCH3 is 1. The first kappa shape index (κ1) is 15.5. The Balaban J connectivity index is 2.70. The Kier molecular flexibility index (Phi) is 4.35. The van der Waals surface area contributed by atoms with Gasteiger partial charge < -0.3 is 10.1 Å². The van der Waals surface area contributed by atoms with Crippen LogP contribution >= 0.6 is 0 Å². The van der Waals surface area contributed by atoms with Gasteiger partial charge in [0.05, 0.1) is 7.11 Å². The zero-order chi connectivity index (χ0) is 15.6. The van der Waals surface area contributed by atoms with Gasteiger partial charge in [-0.15, -0.1) is 0 Å². The van der Waals surface area contributed by atoms with Gasteiger partial charge in [0.15, 0.2) is 0 Å². The molecule has 3 nitrogen and oxygen atoms in total. The largest absolute Gasteiger partial charge is 0.494 e. The van der Waals surface area contributed by atoms with Crippen molar-refractivity contribution in [3.05, 3.63) is 29.6 Å². The molecule has 1 aromatic heterocycles. The average Bonchev–Trinajstić information content (AvgIpc) is 2.42. The van der Waals surface area contributed by atoms with E-state index in [1.807, 2.05) is 6.07 Å². The van der Waals surface area contributed by atoms with Crippen LogP contribution in [0.2, 0.25) is 0 Å². The minimum Gasteiger partial charge on any atom is -0.494 e. The SMILES string of the molecule is CCCNc1nc2c(OC)cc(F)cc2cc1C(C)(C)C. The van der Waals surface area contributed by atoms with Crippen molar-refractivity contribution in [2.45, 2.75) is 39.5 Å². The van der Waals surface area contributed by atoms with Crippen LogP contribution in [0.5, 0.6) is 5.75 Å². The van der Waals surface area contributed by atoms with Crippen molar-refractivity contribution in [1.29, 1.82) is 0 Å². The van der Waals surface area contributed by atoms with Gasteiger partial charge in [0, 0.05) is 23.6 Å². The topological polar surface area (TPSA) is 34.2 Å². The highest BCUT2D eigenvalue weighted by Gasteiger charge is 2.21. The van der Waals surface area contributed by atoms with Crippen LogP contribution in [0, 0.1) is 5.82 Å². The van der Waals surface area contributed by atoms with E-state index in [0.29, 0.717) is 11.3 Å². The predicted molar refractivity (Wildman–Crippen MR) is 85.7 cm³/mol. The lowest BCUT2D eigenvalue weighted by atomic mass is 9.86. The number of pyridine rings is 1. The van der Waals surface area contributed by atoms with E-state index in [1.54, 1.807) is 0 Å². The van der Waals surface area contributed by atoms with Crippen LogP contribution in [0.15, 0.2) is 18.2 Å². The van der Waals surface area contributed by atoms with Crippen molar-refractivity contribution in [1.82, 2.24) is 4.98 Å². The van der Waals surface area contributed by atoms with Gasteiger partial charge in [-0.2, -0.15) is 0 Å². The fraction of sp³-hybridized carbons (Fsp3) is 0.471. The lowest BCUT2D eigenvalue weighted by Crippen LogP contribution is -2.16. The Morgan fingerprint density at radius 2 is 1.95 bits per heavy atom. The molecule has 2 aromatic rings. The number of aromatic nitrogens is 1. The zero-order valence-electron chi connectivity index (χ0n) is 13.4. The summed E-state index contributed by atoms with van der Waals surface area (Å²) in [7, 11) is 1.53. The first-order chi connectivity index (χ1) is 9.86. The normalized spacial score (nSPS) is 11.7.